The van der Waals surface area contributed by atoms with E-state index in [1.807, 2.05) is 12.1 Å². The van der Waals surface area contributed by atoms with Gasteiger partial charge in [-0.3, -0.25) is 4.79 Å². The fraction of sp³-hybridized carbons (Fsp3) is 0.188. The number of rotatable bonds is 2. The average Bonchev–Trinajstić information content (AvgIpc) is 2.46. The molecule has 0 spiro atoms. The molecule has 0 fully saturated rings. The van der Waals surface area contributed by atoms with Crippen LogP contribution in [0, 0.1) is 5.92 Å². The minimum absolute atomic E-state index is 0.0807. The van der Waals surface area contributed by atoms with Crippen LogP contribution in [0.15, 0.2) is 42.5 Å². The highest BCUT2D eigenvalue weighted by molar-refractivity contribution is 6.31. The minimum atomic E-state index is -0.241. The van der Waals surface area contributed by atoms with E-state index >= 15 is 0 Å². The third kappa shape index (κ3) is 3.31. The fourth-order valence-electron chi connectivity index (χ4n) is 2.34. The van der Waals surface area contributed by atoms with E-state index < -0.39 is 0 Å². The van der Waals surface area contributed by atoms with E-state index in [1.54, 1.807) is 30.3 Å². The van der Waals surface area contributed by atoms with Crippen LogP contribution in [-0.4, -0.2) is 12.5 Å². The molecule has 0 aliphatic carbocycles. The van der Waals surface area contributed by atoms with Crippen LogP contribution < -0.4 is 10.1 Å². The molecule has 0 bridgehead atoms. The van der Waals surface area contributed by atoms with Gasteiger partial charge in [0.05, 0.1) is 5.92 Å². The van der Waals surface area contributed by atoms with Crippen LogP contribution in [0.3, 0.4) is 0 Å². The maximum Gasteiger partial charge on any atom is 0.231 e. The summed E-state index contributed by atoms with van der Waals surface area (Å²) in [7, 11) is 0. The predicted molar refractivity (Wildman–Crippen MR) is 84.2 cm³/mol. The molecule has 3 nitrogen and oxygen atoms in total. The van der Waals surface area contributed by atoms with E-state index in [0.29, 0.717) is 28.8 Å². The normalized spacial score (nSPS) is 16.8. The maximum absolute atomic E-state index is 12.3. The van der Waals surface area contributed by atoms with Crippen LogP contribution in [0.25, 0.3) is 0 Å². The molecule has 5 heteroatoms. The molecule has 2 aromatic carbocycles. The second-order valence-electron chi connectivity index (χ2n) is 4.96. The zero-order valence-corrected chi connectivity index (χ0v) is 12.6. The number of anilines is 1. The highest BCUT2D eigenvalue weighted by Crippen LogP contribution is 2.30. The molecule has 0 radical (unpaired) electrons. The van der Waals surface area contributed by atoms with Gasteiger partial charge in [0.15, 0.2) is 0 Å². The number of hydrogen-bond acceptors (Lipinski definition) is 2. The van der Waals surface area contributed by atoms with E-state index in [0.717, 1.165) is 11.3 Å². The Morgan fingerprint density at radius 3 is 2.76 bits per heavy atom. The lowest BCUT2D eigenvalue weighted by molar-refractivity contribution is -0.121. The van der Waals surface area contributed by atoms with Crippen LogP contribution in [0.1, 0.15) is 5.56 Å². The molecule has 2 aromatic rings. The first-order valence-corrected chi connectivity index (χ1v) is 7.35. The Hall–Kier alpha value is -1.71. The summed E-state index contributed by atoms with van der Waals surface area (Å²) in [5.74, 6) is 0.476. The minimum Gasteiger partial charge on any atom is -0.492 e. The lowest BCUT2D eigenvalue weighted by atomic mass is 9.96. The van der Waals surface area contributed by atoms with Gasteiger partial charge < -0.3 is 10.1 Å². The van der Waals surface area contributed by atoms with Crippen molar-refractivity contribution in [3.63, 3.8) is 0 Å². The van der Waals surface area contributed by atoms with E-state index in [2.05, 4.69) is 5.32 Å². The zero-order chi connectivity index (χ0) is 14.8. The number of hydrogen-bond donors (Lipinski definition) is 1. The topological polar surface area (TPSA) is 38.3 Å². The zero-order valence-electron chi connectivity index (χ0n) is 11.1. The quantitative estimate of drug-likeness (QED) is 0.900. The Labute approximate surface area is 132 Å². The number of halogens is 2. The van der Waals surface area contributed by atoms with Gasteiger partial charge in [0, 0.05) is 15.7 Å². The van der Waals surface area contributed by atoms with Gasteiger partial charge >= 0.3 is 0 Å². The summed E-state index contributed by atoms with van der Waals surface area (Å²) in [4.78, 5) is 12.3. The molecule has 108 valence electrons. The van der Waals surface area contributed by atoms with Crippen molar-refractivity contribution >= 4 is 34.8 Å². The van der Waals surface area contributed by atoms with Gasteiger partial charge in [-0.1, -0.05) is 29.3 Å². The molecule has 1 unspecified atom stereocenters. The lowest BCUT2D eigenvalue weighted by Gasteiger charge is -2.24. The summed E-state index contributed by atoms with van der Waals surface area (Å²) < 4.78 is 5.63. The van der Waals surface area contributed by atoms with E-state index in [4.69, 9.17) is 27.9 Å². The van der Waals surface area contributed by atoms with Crippen molar-refractivity contribution in [1.82, 2.24) is 0 Å². The van der Waals surface area contributed by atoms with Crippen LogP contribution >= 0.6 is 23.2 Å². The average molecular weight is 322 g/mol. The Morgan fingerprint density at radius 1 is 1.14 bits per heavy atom. The van der Waals surface area contributed by atoms with Crippen molar-refractivity contribution < 1.29 is 9.53 Å². The summed E-state index contributed by atoms with van der Waals surface area (Å²) >= 11 is 11.9. The number of carbonyl (C=O) groups is 1. The highest BCUT2D eigenvalue weighted by atomic mass is 35.5. The maximum atomic E-state index is 12.3. The molecule has 1 aliphatic rings. The molecule has 0 aromatic heterocycles. The second kappa shape index (κ2) is 5.96. The molecule has 1 aliphatic heterocycles. The van der Waals surface area contributed by atoms with E-state index in [1.165, 1.54) is 0 Å². The van der Waals surface area contributed by atoms with Crippen molar-refractivity contribution in [2.75, 3.05) is 11.9 Å². The molecule has 21 heavy (non-hydrogen) atoms. The van der Waals surface area contributed by atoms with Gasteiger partial charge in [-0.15, -0.1) is 0 Å². The molecule has 1 amide bonds. The summed E-state index contributed by atoms with van der Waals surface area (Å²) in [6.45, 7) is 0.362. The number of nitrogens with one attached hydrogen (secondary N) is 1. The SMILES string of the molecule is O=C(Nc1cccc(Cl)c1)C1COc2ccc(Cl)cc2C1. The molecule has 1 heterocycles. The summed E-state index contributed by atoms with van der Waals surface area (Å²) in [5.41, 5.74) is 1.64. The van der Waals surface area contributed by atoms with Crippen molar-refractivity contribution in [3.05, 3.63) is 58.1 Å². The van der Waals surface area contributed by atoms with Gasteiger partial charge in [-0.05, 0) is 48.4 Å². The van der Waals surface area contributed by atoms with E-state index in [-0.39, 0.29) is 11.8 Å². The standard InChI is InChI=1S/C16H13Cl2NO2/c17-12-2-1-3-14(8-12)19-16(20)11-6-10-7-13(18)4-5-15(10)21-9-11/h1-5,7-8,11H,6,9H2,(H,19,20). The number of fused-ring (bicyclic) bond motifs is 1. The van der Waals surface area contributed by atoms with Gasteiger partial charge in [-0.2, -0.15) is 0 Å². The fourth-order valence-corrected chi connectivity index (χ4v) is 2.73. The molecule has 0 saturated carbocycles. The van der Waals surface area contributed by atoms with Crippen molar-refractivity contribution in [2.24, 2.45) is 5.92 Å². The Kier molecular flexibility index (Phi) is 4.04. The number of carbonyl (C=O) groups excluding carboxylic acids is 1. The molecule has 1 N–H and O–H groups in total. The van der Waals surface area contributed by atoms with Crippen molar-refractivity contribution in [3.8, 4) is 5.75 Å². The summed E-state index contributed by atoms with van der Waals surface area (Å²) in [6.07, 6.45) is 0.613. The molecule has 1 atom stereocenters. The Balaban J connectivity index is 1.72. The smallest absolute Gasteiger partial charge is 0.231 e. The number of amides is 1. The molecule has 3 rings (SSSR count). The third-order valence-electron chi connectivity index (χ3n) is 3.39. The second-order valence-corrected chi connectivity index (χ2v) is 5.84. The van der Waals surface area contributed by atoms with Crippen LogP contribution in [0.2, 0.25) is 10.0 Å². The van der Waals surface area contributed by atoms with Gasteiger partial charge in [0.1, 0.15) is 12.4 Å². The van der Waals surface area contributed by atoms with Crippen LogP contribution in [-0.2, 0) is 11.2 Å². The van der Waals surface area contributed by atoms with Crippen LogP contribution in [0.4, 0.5) is 5.69 Å². The first-order chi connectivity index (χ1) is 10.1. The molecular weight excluding hydrogens is 309 g/mol. The van der Waals surface area contributed by atoms with Crippen LogP contribution in [0.5, 0.6) is 5.75 Å². The molecular formula is C16H13Cl2NO2. The Morgan fingerprint density at radius 2 is 1.95 bits per heavy atom. The summed E-state index contributed by atoms with van der Waals surface area (Å²) in [5, 5.41) is 4.10. The van der Waals surface area contributed by atoms with Crippen molar-refractivity contribution in [2.45, 2.75) is 6.42 Å². The number of benzene rings is 2. The molecule has 0 saturated heterocycles. The first-order valence-electron chi connectivity index (χ1n) is 6.59. The van der Waals surface area contributed by atoms with Gasteiger partial charge in [0.2, 0.25) is 5.91 Å². The number of ether oxygens (including phenoxy) is 1. The monoisotopic (exact) mass is 321 g/mol. The Bertz CT molecular complexity index is 688. The summed E-state index contributed by atoms with van der Waals surface area (Å²) in [6, 6.07) is 12.5. The predicted octanol–water partition coefficient (Wildman–Crippen LogP) is 4.18. The van der Waals surface area contributed by atoms with Gasteiger partial charge in [-0.25, -0.2) is 0 Å². The lowest BCUT2D eigenvalue weighted by Crippen LogP contribution is -2.32. The van der Waals surface area contributed by atoms with E-state index in [9.17, 15) is 4.79 Å². The first kappa shape index (κ1) is 14.2. The van der Waals surface area contributed by atoms with Gasteiger partial charge in [0.25, 0.3) is 0 Å². The highest BCUT2D eigenvalue weighted by Gasteiger charge is 2.26. The largest absolute Gasteiger partial charge is 0.492 e. The third-order valence-corrected chi connectivity index (χ3v) is 3.86. The van der Waals surface area contributed by atoms with Crippen molar-refractivity contribution in [1.29, 1.82) is 0 Å².